The van der Waals surface area contributed by atoms with Crippen LogP contribution in [0.5, 0.6) is 0 Å². The van der Waals surface area contributed by atoms with Crippen LogP contribution in [0.2, 0.25) is 0 Å². The first-order valence-electron chi connectivity index (χ1n) is 6.87. The fourth-order valence-electron chi connectivity index (χ4n) is 1.74. The number of nitrogen functional groups attached to an aromatic ring is 1. The van der Waals surface area contributed by atoms with Crippen LogP contribution in [0, 0.1) is 5.92 Å². The monoisotopic (exact) mass is 293 g/mol. The number of rotatable bonds is 6. The van der Waals surface area contributed by atoms with Gasteiger partial charge in [-0.15, -0.1) is 0 Å². The van der Waals surface area contributed by atoms with Crippen molar-refractivity contribution in [1.82, 2.24) is 5.32 Å². The minimum absolute atomic E-state index is 0.119. The summed E-state index contributed by atoms with van der Waals surface area (Å²) in [5, 5.41) is 5.84. The summed E-state index contributed by atoms with van der Waals surface area (Å²) < 4.78 is 4.66. The van der Waals surface area contributed by atoms with Crippen molar-refractivity contribution in [3.63, 3.8) is 0 Å². The third kappa shape index (κ3) is 4.66. The molecule has 0 saturated heterocycles. The Balaban J connectivity index is 2.79. The van der Waals surface area contributed by atoms with E-state index in [0.29, 0.717) is 18.2 Å². The molecule has 1 atom stereocenters. The lowest BCUT2D eigenvalue weighted by molar-refractivity contribution is -0.121. The van der Waals surface area contributed by atoms with Crippen LogP contribution in [0.25, 0.3) is 0 Å². The summed E-state index contributed by atoms with van der Waals surface area (Å²) in [4.78, 5) is 23.5. The van der Waals surface area contributed by atoms with Crippen molar-refractivity contribution in [3.8, 4) is 0 Å². The van der Waals surface area contributed by atoms with Crippen molar-refractivity contribution < 1.29 is 14.3 Å². The molecule has 0 spiro atoms. The van der Waals surface area contributed by atoms with Crippen molar-refractivity contribution in [2.24, 2.45) is 5.92 Å². The lowest BCUT2D eigenvalue weighted by Gasteiger charge is -2.18. The Bertz CT molecular complexity index is 515. The molecule has 1 amide bonds. The Morgan fingerprint density at radius 2 is 1.95 bits per heavy atom. The molecular formula is C15H23N3O3. The number of nitrogens with one attached hydrogen (secondary N) is 2. The molecule has 0 saturated carbocycles. The summed E-state index contributed by atoms with van der Waals surface area (Å²) in [5.74, 6) is -0.242. The Kier molecular flexibility index (Phi) is 6.02. The van der Waals surface area contributed by atoms with Crippen molar-refractivity contribution >= 4 is 23.3 Å². The molecule has 0 bridgehead atoms. The predicted octanol–water partition coefficient (Wildman–Crippen LogP) is 1.63. The highest BCUT2D eigenvalue weighted by molar-refractivity contribution is 5.98. The Labute approximate surface area is 125 Å². The quantitative estimate of drug-likeness (QED) is 0.547. The molecule has 6 heteroatoms. The third-order valence-electron chi connectivity index (χ3n) is 2.96. The van der Waals surface area contributed by atoms with Crippen molar-refractivity contribution in [2.75, 3.05) is 24.7 Å². The molecule has 1 rings (SSSR count). The van der Waals surface area contributed by atoms with E-state index in [1.807, 2.05) is 13.8 Å². The number of anilines is 2. The molecule has 0 aliphatic heterocycles. The smallest absolute Gasteiger partial charge is 0.340 e. The van der Waals surface area contributed by atoms with Crippen LogP contribution in [0.1, 0.15) is 31.1 Å². The number of ether oxygens (including phenoxy) is 1. The molecule has 21 heavy (non-hydrogen) atoms. The first-order chi connectivity index (χ1) is 9.86. The second-order valence-electron chi connectivity index (χ2n) is 5.26. The maximum absolute atomic E-state index is 11.9. The van der Waals surface area contributed by atoms with Crippen LogP contribution in [0.4, 0.5) is 11.4 Å². The second-order valence-corrected chi connectivity index (χ2v) is 5.26. The maximum Gasteiger partial charge on any atom is 0.340 e. The van der Waals surface area contributed by atoms with Gasteiger partial charge in [0.1, 0.15) is 6.04 Å². The van der Waals surface area contributed by atoms with Crippen LogP contribution in [0.3, 0.4) is 0 Å². The number of nitrogens with two attached hydrogens (primary N) is 1. The average Bonchev–Trinajstić information content (AvgIpc) is 2.45. The fraction of sp³-hybridized carbons (Fsp3) is 0.467. The molecule has 1 aromatic rings. The molecular weight excluding hydrogens is 270 g/mol. The molecule has 4 N–H and O–H groups in total. The van der Waals surface area contributed by atoms with E-state index in [0.717, 1.165) is 0 Å². The van der Waals surface area contributed by atoms with Gasteiger partial charge in [0.2, 0.25) is 5.91 Å². The summed E-state index contributed by atoms with van der Waals surface area (Å²) >= 11 is 0. The van der Waals surface area contributed by atoms with Gasteiger partial charge in [-0.3, -0.25) is 4.79 Å². The van der Waals surface area contributed by atoms with Gasteiger partial charge >= 0.3 is 5.97 Å². The van der Waals surface area contributed by atoms with Gasteiger partial charge in [0.25, 0.3) is 0 Å². The predicted molar refractivity (Wildman–Crippen MR) is 83.1 cm³/mol. The van der Waals surface area contributed by atoms with Crippen LogP contribution in [-0.4, -0.2) is 31.6 Å². The highest BCUT2D eigenvalue weighted by Crippen LogP contribution is 2.24. The van der Waals surface area contributed by atoms with Gasteiger partial charge in [-0.2, -0.15) is 0 Å². The summed E-state index contributed by atoms with van der Waals surface area (Å²) in [7, 11) is 1.30. The van der Waals surface area contributed by atoms with Crippen LogP contribution >= 0.6 is 0 Å². The highest BCUT2D eigenvalue weighted by atomic mass is 16.5. The van der Waals surface area contributed by atoms with E-state index in [9.17, 15) is 9.59 Å². The normalized spacial score (nSPS) is 11.9. The minimum Gasteiger partial charge on any atom is -0.465 e. The third-order valence-corrected chi connectivity index (χ3v) is 2.96. The molecule has 6 nitrogen and oxygen atoms in total. The van der Waals surface area contributed by atoms with E-state index in [1.165, 1.54) is 7.11 Å². The van der Waals surface area contributed by atoms with Gasteiger partial charge in [0.05, 0.1) is 24.0 Å². The van der Waals surface area contributed by atoms with Crippen LogP contribution < -0.4 is 16.4 Å². The fourth-order valence-corrected chi connectivity index (χ4v) is 1.74. The van der Waals surface area contributed by atoms with E-state index in [4.69, 9.17) is 5.73 Å². The molecule has 0 aliphatic carbocycles. The maximum atomic E-state index is 11.9. The van der Waals surface area contributed by atoms with Gasteiger partial charge in [-0.1, -0.05) is 19.9 Å². The van der Waals surface area contributed by atoms with Gasteiger partial charge in [0, 0.05) is 6.54 Å². The number of amides is 1. The van der Waals surface area contributed by atoms with E-state index in [-0.39, 0.29) is 17.2 Å². The molecule has 1 aromatic carbocycles. The molecule has 0 aliphatic rings. The molecule has 1 unspecified atom stereocenters. The summed E-state index contributed by atoms with van der Waals surface area (Å²) in [6, 6.07) is 4.52. The Morgan fingerprint density at radius 1 is 1.29 bits per heavy atom. The molecule has 116 valence electrons. The Morgan fingerprint density at radius 3 is 2.52 bits per heavy atom. The van der Waals surface area contributed by atoms with E-state index >= 15 is 0 Å². The minimum atomic E-state index is -0.506. The summed E-state index contributed by atoms with van der Waals surface area (Å²) in [6.07, 6.45) is 0. The van der Waals surface area contributed by atoms with Crippen molar-refractivity contribution in [1.29, 1.82) is 0 Å². The highest BCUT2D eigenvalue weighted by Gasteiger charge is 2.17. The van der Waals surface area contributed by atoms with Gasteiger partial charge in [-0.05, 0) is 25.0 Å². The number of para-hydroxylation sites is 1. The molecule has 0 aromatic heterocycles. The van der Waals surface area contributed by atoms with Crippen LogP contribution in [0.15, 0.2) is 18.2 Å². The number of carbonyl (C=O) groups excluding carboxylic acids is 2. The van der Waals surface area contributed by atoms with Crippen molar-refractivity contribution in [2.45, 2.75) is 26.8 Å². The number of carbonyl (C=O) groups is 2. The zero-order valence-electron chi connectivity index (χ0n) is 12.9. The number of benzene rings is 1. The average molecular weight is 293 g/mol. The zero-order chi connectivity index (χ0) is 16.0. The second kappa shape index (κ2) is 7.52. The van der Waals surface area contributed by atoms with Crippen LogP contribution in [-0.2, 0) is 9.53 Å². The molecule has 0 fully saturated rings. The van der Waals surface area contributed by atoms with E-state index < -0.39 is 12.0 Å². The molecule has 0 heterocycles. The first kappa shape index (κ1) is 16.8. The Hall–Kier alpha value is -2.24. The standard InChI is InChI=1S/C15H23N3O3/c1-9(2)8-17-14(19)10(3)18-12-7-5-6-11(13(12)16)15(20)21-4/h5-7,9-10,18H,8,16H2,1-4H3,(H,17,19). The van der Waals surface area contributed by atoms with E-state index in [1.54, 1.807) is 25.1 Å². The van der Waals surface area contributed by atoms with Gasteiger partial charge < -0.3 is 21.1 Å². The lowest BCUT2D eigenvalue weighted by atomic mass is 10.1. The first-order valence-corrected chi connectivity index (χ1v) is 6.87. The summed E-state index contributed by atoms with van der Waals surface area (Å²) in [6.45, 7) is 6.40. The number of methoxy groups -OCH3 is 1. The number of esters is 1. The summed E-state index contributed by atoms with van der Waals surface area (Å²) in [5.41, 5.74) is 7.01. The SMILES string of the molecule is COC(=O)c1cccc(NC(C)C(=O)NCC(C)C)c1N. The van der Waals surface area contributed by atoms with Crippen molar-refractivity contribution in [3.05, 3.63) is 23.8 Å². The van der Waals surface area contributed by atoms with E-state index in [2.05, 4.69) is 15.4 Å². The topological polar surface area (TPSA) is 93.4 Å². The lowest BCUT2D eigenvalue weighted by Crippen LogP contribution is -2.39. The van der Waals surface area contributed by atoms with Gasteiger partial charge in [0.15, 0.2) is 0 Å². The van der Waals surface area contributed by atoms with Gasteiger partial charge in [-0.25, -0.2) is 4.79 Å². The zero-order valence-corrected chi connectivity index (χ0v) is 12.9. The molecule has 0 radical (unpaired) electrons. The number of hydrogen-bond donors (Lipinski definition) is 3. The number of hydrogen-bond acceptors (Lipinski definition) is 5. The largest absolute Gasteiger partial charge is 0.465 e.